The number of piperidine rings is 1. The molecule has 4 aromatic rings. The molecule has 0 saturated carbocycles. The lowest BCUT2D eigenvalue weighted by Gasteiger charge is -2.34. The van der Waals surface area contributed by atoms with Crippen LogP contribution < -0.4 is 10.6 Å². The van der Waals surface area contributed by atoms with Crippen LogP contribution >= 0.6 is 0 Å². The molecule has 0 aromatic carbocycles. The SMILES string of the molecule is CC(C)Nc1cncc(-c2cc3cc(NC(=O)c4cn(C5CCN(C(C)C)CC5)nn4)ncc3cn2)n1. The monoisotopic (exact) mass is 500 g/mol. The van der Waals surface area contributed by atoms with E-state index in [2.05, 4.69) is 59.6 Å². The molecule has 2 N–H and O–H groups in total. The lowest BCUT2D eigenvalue weighted by Crippen LogP contribution is -2.39. The van der Waals surface area contributed by atoms with Crippen LogP contribution in [-0.2, 0) is 0 Å². The second-order valence-corrected chi connectivity index (χ2v) is 9.97. The summed E-state index contributed by atoms with van der Waals surface area (Å²) >= 11 is 0. The molecule has 1 aliphatic rings. The van der Waals surface area contributed by atoms with Gasteiger partial charge < -0.3 is 15.5 Å². The number of hydrogen-bond acceptors (Lipinski definition) is 9. The topological polar surface area (TPSA) is 127 Å². The van der Waals surface area contributed by atoms with E-state index in [4.69, 9.17) is 0 Å². The number of carbonyl (C=O) groups excluding carboxylic acids is 1. The van der Waals surface area contributed by atoms with Crippen molar-refractivity contribution in [2.24, 2.45) is 0 Å². The van der Waals surface area contributed by atoms with Crippen molar-refractivity contribution < 1.29 is 4.79 Å². The molecule has 0 unspecified atom stereocenters. The Hall–Kier alpha value is -3.99. The van der Waals surface area contributed by atoms with Crippen molar-refractivity contribution in [3.8, 4) is 11.4 Å². The standard InChI is InChI=1S/C26H32N10O/c1-16(2)30-25-14-27-13-22(31-25)21-9-18-10-24(29-12-19(18)11-28-21)32-26(37)23-15-36(34-33-23)20-5-7-35(8-6-20)17(3)4/h9-17,20H,5-8H2,1-4H3,(H,30,31)(H,29,32,37). The van der Waals surface area contributed by atoms with Crippen LogP contribution in [0.25, 0.3) is 22.2 Å². The van der Waals surface area contributed by atoms with E-state index in [1.165, 1.54) is 0 Å². The molecule has 11 nitrogen and oxygen atoms in total. The first-order chi connectivity index (χ1) is 17.9. The molecule has 5 heterocycles. The van der Waals surface area contributed by atoms with Gasteiger partial charge in [0.2, 0.25) is 0 Å². The minimum absolute atomic E-state index is 0.242. The van der Waals surface area contributed by atoms with Crippen molar-refractivity contribution >= 4 is 28.3 Å². The van der Waals surface area contributed by atoms with Gasteiger partial charge >= 0.3 is 0 Å². The van der Waals surface area contributed by atoms with Gasteiger partial charge in [0, 0.05) is 43.0 Å². The van der Waals surface area contributed by atoms with Gasteiger partial charge in [0.25, 0.3) is 5.91 Å². The zero-order chi connectivity index (χ0) is 25.9. The third-order valence-electron chi connectivity index (χ3n) is 6.52. The van der Waals surface area contributed by atoms with E-state index in [1.54, 1.807) is 31.0 Å². The normalized spacial score (nSPS) is 15.0. The number of fused-ring (bicyclic) bond motifs is 1. The van der Waals surface area contributed by atoms with Crippen LogP contribution in [0.5, 0.6) is 0 Å². The molecule has 0 bridgehead atoms. The maximum Gasteiger partial charge on any atom is 0.278 e. The summed E-state index contributed by atoms with van der Waals surface area (Å²) in [5.74, 6) is 0.775. The molecule has 1 saturated heterocycles. The number of carbonyl (C=O) groups is 1. The maximum atomic E-state index is 12.9. The van der Waals surface area contributed by atoms with Gasteiger partial charge in [-0.3, -0.25) is 14.8 Å². The molecule has 37 heavy (non-hydrogen) atoms. The van der Waals surface area contributed by atoms with Gasteiger partial charge in [-0.15, -0.1) is 5.10 Å². The van der Waals surface area contributed by atoms with Crippen LogP contribution in [0.1, 0.15) is 57.1 Å². The summed E-state index contributed by atoms with van der Waals surface area (Å²) in [7, 11) is 0. The number of anilines is 2. The van der Waals surface area contributed by atoms with Gasteiger partial charge in [-0.05, 0) is 58.1 Å². The molecule has 0 spiro atoms. The molecular formula is C26H32N10O. The number of nitrogens with zero attached hydrogens (tertiary/aromatic N) is 8. The second-order valence-electron chi connectivity index (χ2n) is 9.97. The Balaban J connectivity index is 1.29. The quantitative estimate of drug-likeness (QED) is 0.389. The van der Waals surface area contributed by atoms with Gasteiger partial charge in [0.1, 0.15) is 17.3 Å². The van der Waals surface area contributed by atoms with Gasteiger partial charge in [0.05, 0.1) is 30.3 Å². The smallest absolute Gasteiger partial charge is 0.278 e. The summed E-state index contributed by atoms with van der Waals surface area (Å²) in [5, 5.41) is 16.2. The fourth-order valence-corrected chi connectivity index (χ4v) is 4.51. The highest BCUT2D eigenvalue weighted by Crippen LogP contribution is 2.24. The second kappa shape index (κ2) is 10.6. The summed E-state index contributed by atoms with van der Waals surface area (Å²) in [6.45, 7) is 10.6. The summed E-state index contributed by atoms with van der Waals surface area (Å²) < 4.78 is 1.82. The van der Waals surface area contributed by atoms with Crippen molar-refractivity contribution in [2.75, 3.05) is 23.7 Å². The van der Waals surface area contributed by atoms with Crippen molar-refractivity contribution in [1.29, 1.82) is 0 Å². The fraction of sp³-hybridized carbons (Fsp3) is 0.423. The molecule has 1 amide bonds. The summed E-state index contributed by atoms with van der Waals surface area (Å²) in [5.41, 5.74) is 1.61. The average Bonchev–Trinajstić information content (AvgIpc) is 3.39. The van der Waals surface area contributed by atoms with Crippen LogP contribution in [0.3, 0.4) is 0 Å². The molecule has 0 radical (unpaired) electrons. The highest BCUT2D eigenvalue weighted by atomic mass is 16.2. The van der Waals surface area contributed by atoms with Crippen molar-refractivity contribution in [3.63, 3.8) is 0 Å². The van der Waals surface area contributed by atoms with Crippen LogP contribution in [0, 0.1) is 0 Å². The lowest BCUT2D eigenvalue weighted by molar-refractivity contribution is 0.102. The summed E-state index contributed by atoms with van der Waals surface area (Å²) in [6.07, 6.45) is 10.5. The number of aromatic nitrogens is 7. The molecule has 5 rings (SSSR count). The number of nitrogens with one attached hydrogen (secondary N) is 2. The Labute approximate surface area is 215 Å². The van der Waals surface area contributed by atoms with Gasteiger partial charge in [0.15, 0.2) is 5.69 Å². The van der Waals surface area contributed by atoms with Crippen LogP contribution in [0.4, 0.5) is 11.6 Å². The number of likely N-dealkylation sites (tertiary alicyclic amines) is 1. The van der Waals surface area contributed by atoms with Crippen molar-refractivity contribution in [2.45, 2.75) is 58.7 Å². The number of pyridine rings is 2. The minimum Gasteiger partial charge on any atom is -0.367 e. The van der Waals surface area contributed by atoms with Gasteiger partial charge in [-0.1, -0.05) is 5.21 Å². The Morgan fingerprint density at radius 2 is 1.73 bits per heavy atom. The van der Waals surface area contributed by atoms with E-state index < -0.39 is 0 Å². The first kappa shape index (κ1) is 24.7. The van der Waals surface area contributed by atoms with Crippen molar-refractivity contribution in [3.05, 3.63) is 48.8 Å². The minimum atomic E-state index is -0.342. The highest BCUT2D eigenvalue weighted by Gasteiger charge is 2.24. The van der Waals surface area contributed by atoms with Gasteiger partial charge in [-0.2, -0.15) is 0 Å². The lowest BCUT2D eigenvalue weighted by atomic mass is 10.0. The van der Waals surface area contributed by atoms with E-state index in [0.717, 1.165) is 36.7 Å². The average molecular weight is 501 g/mol. The van der Waals surface area contributed by atoms with E-state index in [0.29, 0.717) is 29.1 Å². The first-order valence-electron chi connectivity index (χ1n) is 12.7. The zero-order valence-electron chi connectivity index (χ0n) is 21.6. The van der Waals surface area contributed by atoms with E-state index in [1.807, 2.05) is 30.7 Å². The molecule has 4 aromatic heterocycles. The van der Waals surface area contributed by atoms with Crippen LogP contribution in [-0.4, -0.2) is 70.9 Å². The first-order valence-corrected chi connectivity index (χ1v) is 12.7. The third kappa shape index (κ3) is 5.72. The van der Waals surface area contributed by atoms with E-state index in [9.17, 15) is 4.79 Å². The molecular weight excluding hydrogens is 468 g/mol. The fourth-order valence-electron chi connectivity index (χ4n) is 4.51. The van der Waals surface area contributed by atoms with Crippen LogP contribution in [0.15, 0.2) is 43.1 Å². The van der Waals surface area contributed by atoms with E-state index in [-0.39, 0.29) is 23.7 Å². The Kier molecular flexibility index (Phi) is 7.04. The molecule has 0 aliphatic carbocycles. The van der Waals surface area contributed by atoms with E-state index >= 15 is 0 Å². The van der Waals surface area contributed by atoms with Crippen LogP contribution in [0.2, 0.25) is 0 Å². The summed E-state index contributed by atoms with van der Waals surface area (Å²) in [4.78, 5) is 33.1. The molecule has 1 fully saturated rings. The third-order valence-corrected chi connectivity index (χ3v) is 6.52. The van der Waals surface area contributed by atoms with Crippen molar-refractivity contribution in [1.82, 2.24) is 39.8 Å². The molecule has 0 atom stereocenters. The predicted molar refractivity (Wildman–Crippen MR) is 142 cm³/mol. The molecule has 192 valence electrons. The summed E-state index contributed by atoms with van der Waals surface area (Å²) in [6, 6.07) is 4.76. The van der Waals surface area contributed by atoms with Gasteiger partial charge in [-0.25, -0.2) is 14.6 Å². The maximum absolute atomic E-state index is 12.9. The number of amides is 1. The molecule has 1 aliphatic heterocycles. The largest absolute Gasteiger partial charge is 0.367 e. The number of rotatable bonds is 7. The Morgan fingerprint density at radius 1 is 0.946 bits per heavy atom. The number of hydrogen-bond donors (Lipinski definition) is 2. The Morgan fingerprint density at radius 3 is 2.49 bits per heavy atom. The highest BCUT2D eigenvalue weighted by molar-refractivity contribution is 6.03. The Bertz CT molecular complexity index is 1390. The zero-order valence-corrected chi connectivity index (χ0v) is 21.6. The predicted octanol–water partition coefficient (Wildman–Crippen LogP) is 3.80. The molecule has 11 heteroatoms.